The van der Waals surface area contributed by atoms with Gasteiger partial charge in [0.05, 0.1) is 13.4 Å². The topological polar surface area (TPSA) is 102 Å². The zero-order valence-electron chi connectivity index (χ0n) is 10.2. The number of rotatable bonds is 4. The van der Waals surface area contributed by atoms with Crippen LogP contribution in [0.4, 0.5) is 0 Å². The Morgan fingerprint density at radius 2 is 2.20 bits per heavy atom. The second-order valence-electron chi connectivity index (χ2n) is 3.62. The maximum Gasteiger partial charge on any atom is 0.339 e. The quantitative estimate of drug-likeness (QED) is 0.882. The van der Waals surface area contributed by atoms with Crippen molar-refractivity contribution < 1.29 is 19.4 Å². The van der Waals surface area contributed by atoms with Crippen LogP contribution in [0.25, 0.3) is 0 Å². The number of H-pyrrole nitrogens is 1. The van der Waals surface area contributed by atoms with Crippen LogP contribution in [-0.2, 0) is 0 Å². The average Bonchev–Trinajstić information content (AvgIpc) is 2.41. The lowest BCUT2D eigenvalue weighted by molar-refractivity contribution is 0.0694. The van der Waals surface area contributed by atoms with Gasteiger partial charge in [0.1, 0.15) is 11.3 Å². The molecule has 8 heteroatoms. The number of benzene rings is 1. The van der Waals surface area contributed by atoms with E-state index in [1.807, 2.05) is 0 Å². The number of aromatic amines is 1. The third-order valence-electron chi connectivity index (χ3n) is 2.36. The SMILES string of the molecule is COc1c(Oc2ccc(Br)cc2C(=O)O)nc[nH]c1=O. The monoisotopic (exact) mass is 340 g/mol. The molecule has 1 heterocycles. The lowest BCUT2D eigenvalue weighted by Crippen LogP contribution is -2.11. The Balaban J connectivity index is 2.48. The Morgan fingerprint density at radius 1 is 1.45 bits per heavy atom. The minimum absolute atomic E-state index is 0.0529. The lowest BCUT2D eigenvalue weighted by Gasteiger charge is -2.10. The number of hydrogen-bond acceptors (Lipinski definition) is 5. The van der Waals surface area contributed by atoms with Crippen molar-refractivity contribution >= 4 is 21.9 Å². The highest BCUT2D eigenvalue weighted by atomic mass is 79.9. The Bertz CT molecular complexity index is 713. The van der Waals surface area contributed by atoms with E-state index in [0.717, 1.165) is 6.33 Å². The molecule has 0 fully saturated rings. The van der Waals surface area contributed by atoms with Crippen molar-refractivity contribution in [3.8, 4) is 17.4 Å². The molecule has 0 bridgehead atoms. The molecule has 2 rings (SSSR count). The van der Waals surface area contributed by atoms with E-state index in [1.54, 1.807) is 6.07 Å². The minimum Gasteiger partial charge on any atom is -0.487 e. The van der Waals surface area contributed by atoms with Crippen LogP contribution in [0.5, 0.6) is 17.4 Å². The predicted octanol–water partition coefficient (Wildman–Crippen LogP) is 2.03. The number of methoxy groups -OCH3 is 1. The van der Waals surface area contributed by atoms with Gasteiger partial charge in [-0.05, 0) is 18.2 Å². The molecule has 0 radical (unpaired) electrons. The summed E-state index contributed by atoms with van der Waals surface area (Å²) in [5.74, 6) is -1.35. The zero-order valence-corrected chi connectivity index (χ0v) is 11.8. The molecule has 2 N–H and O–H groups in total. The normalized spacial score (nSPS) is 10.1. The van der Waals surface area contributed by atoms with Crippen LogP contribution in [0.2, 0.25) is 0 Å². The van der Waals surface area contributed by atoms with Gasteiger partial charge in [-0.3, -0.25) is 4.79 Å². The van der Waals surface area contributed by atoms with Crippen molar-refractivity contribution in [1.82, 2.24) is 9.97 Å². The maximum atomic E-state index is 11.5. The third kappa shape index (κ3) is 2.80. The first-order chi connectivity index (χ1) is 9.52. The smallest absolute Gasteiger partial charge is 0.339 e. The molecule has 0 aliphatic heterocycles. The summed E-state index contributed by atoms with van der Waals surface area (Å²) in [6.45, 7) is 0. The van der Waals surface area contributed by atoms with Crippen molar-refractivity contribution in [3.63, 3.8) is 0 Å². The Hall–Kier alpha value is -2.35. The molecule has 0 amide bonds. The van der Waals surface area contributed by atoms with Crippen molar-refractivity contribution in [2.24, 2.45) is 0 Å². The molecule has 20 heavy (non-hydrogen) atoms. The van der Waals surface area contributed by atoms with Crippen LogP contribution < -0.4 is 15.0 Å². The highest BCUT2D eigenvalue weighted by molar-refractivity contribution is 9.10. The van der Waals surface area contributed by atoms with Crippen molar-refractivity contribution in [2.45, 2.75) is 0 Å². The first-order valence-electron chi connectivity index (χ1n) is 5.35. The molecule has 1 aromatic heterocycles. The first kappa shape index (κ1) is 14.1. The molecule has 0 saturated heterocycles. The number of nitrogens with zero attached hydrogens (tertiary/aromatic N) is 1. The Morgan fingerprint density at radius 3 is 2.85 bits per heavy atom. The fourth-order valence-electron chi connectivity index (χ4n) is 1.49. The van der Waals surface area contributed by atoms with E-state index in [0.29, 0.717) is 4.47 Å². The van der Waals surface area contributed by atoms with Crippen LogP contribution in [0.15, 0.2) is 33.8 Å². The van der Waals surface area contributed by atoms with Crippen LogP contribution in [0.1, 0.15) is 10.4 Å². The Kier molecular flexibility index (Phi) is 4.04. The van der Waals surface area contributed by atoms with E-state index in [9.17, 15) is 9.59 Å². The summed E-state index contributed by atoms with van der Waals surface area (Å²) in [6, 6.07) is 4.45. The number of carbonyl (C=O) groups is 1. The minimum atomic E-state index is -1.16. The molecule has 1 aromatic carbocycles. The second kappa shape index (κ2) is 5.74. The molecular formula is C12H9BrN2O5. The molecule has 104 valence electrons. The van der Waals surface area contributed by atoms with E-state index in [4.69, 9.17) is 14.6 Å². The number of carboxylic acid groups (broad SMARTS) is 1. The van der Waals surface area contributed by atoms with Gasteiger partial charge in [0.2, 0.25) is 5.75 Å². The van der Waals surface area contributed by atoms with E-state index in [2.05, 4.69) is 25.9 Å². The number of hydrogen-bond donors (Lipinski definition) is 2. The summed E-state index contributed by atoms with van der Waals surface area (Å²) in [5.41, 5.74) is -0.588. The zero-order chi connectivity index (χ0) is 14.7. The van der Waals surface area contributed by atoms with E-state index in [1.165, 1.54) is 19.2 Å². The number of nitrogens with one attached hydrogen (secondary N) is 1. The molecule has 0 atom stereocenters. The van der Waals surface area contributed by atoms with Gasteiger partial charge in [-0.2, -0.15) is 0 Å². The molecule has 7 nitrogen and oxygen atoms in total. The van der Waals surface area contributed by atoms with Gasteiger partial charge in [-0.15, -0.1) is 0 Å². The van der Waals surface area contributed by atoms with Gasteiger partial charge in [0, 0.05) is 4.47 Å². The van der Waals surface area contributed by atoms with Crippen LogP contribution in [0, 0.1) is 0 Å². The molecule has 0 saturated carbocycles. The van der Waals surface area contributed by atoms with Gasteiger partial charge >= 0.3 is 5.97 Å². The molecule has 0 unspecified atom stereocenters. The predicted molar refractivity (Wildman–Crippen MR) is 72.6 cm³/mol. The first-order valence-corrected chi connectivity index (χ1v) is 6.14. The highest BCUT2D eigenvalue weighted by Crippen LogP contribution is 2.30. The molecule has 0 aliphatic rings. The summed E-state index contributed by atoms with van der Waals surface area (Å²) >= 11 is 3.18. The number of ether oxygens (including phenoxy) is 2. The number of halogens is 1. The van der Waals surface area contributed by atoms with Crippen LogP contribution >= 0.6 is 15.9 Å². The van der Waals surface area contributed by atoms with Gasteiger partial charge in [-0.1, -0.05) is 15.9 Å². The number of carboxylic acids is 1. The van der Waals surface area contributed by atoms with Crippen LogP contribution in [0.3, 0.4) is 0 Å². The third-order valence-corrected chi connectivity index (χ3v) is 2.85. The molecule has 2 aromatic rings. The largest absolute Gasteiger partial charge is 0.487 e. The molecule has 0 aliphatic carbocycles. The summed E-state index contributed by atoms with van der Waals surface area (Å²) in [4.78, 5) is 28.8. The molecular weight excluding hydrogens is 332 g/mol. The van der Waals surface area contributed by atoms with Gasteiger partial charge < -0.3 is 19.6 Å². The maximum absolute atomic E-state index is 11.5. The van der Waals surface area contributed by atoms with E-state index in [-0.39, 0.29) is 22.9 Å². The van der Waals surface area contributed by atoms with Gasteiger partial charge in [0.15, 0.2) is 0 Å². The second-order valence-corrected chi connectivity index (χ2v) is 4.53. The number of aromatic nitrogens is 2. The van der Waals surface area contributed by atoms with E-state index >= 15 is 0 Å². The van der Waals surface area contributed by atoms with Crippen LogP contribution in [-0.4, -0.2) is 28.2 Å². The summed E-state index contributed by atoms with van der Waals surface area (Å²) < 4.78 is 10.8. The van der Waals surface area contributed by atoms with Crippen molar-refractivity contribution in [1.29, 1.82) is 0 Å². The summed E-state index contributed by atoms with van der Waals surface area (Å²) in [6.07, 6.45) is 1.14. The fourth-order valence-corrected chi connectivity index (χ4v) is 1.85. The summed E-state index contributed by atoms with van der Waals surface area (Å²) in [7, 11) is 1.29. The molecule has 0 spiro atoms. The standard InChI is InChI=1S/C12H9BrN2O5/c1-19-9-10(16)14-5-15-11(9)20-8-3-2-6(13)4-7(8)12(17)18/h2-5H,1H3,(H,17,18)(H,14,15,16). The van der Waals surface area contributed by atoms with E-state index < -0.39 is 11.5 Å². The van der Waals surface area contributed by atoms with Gasteiger partial charge in [-0.25, -0.2) is 9.78 Å². The average molecular weight is 341 g/mol. The summed E-state index contributed by atoms with van der Waals surface area (Å²) in [5, 5.41) is 9.13. The highest BCUT2D eigenvalue weighted by Gasteiger charge is 2.17. The van der Waals surface area contributed by atoms with Crippen molar-refractivity contribution in [3.05, 3.63) is 44.9 Å². The number of aromatic carboxylic acids is 1. The van der Waals surface area contributed by atoms with Crippen molar-refractivity contribution in [2.75, 3.05) is 7.11 Å². The lowest BCUT2D eigenvalue weighted by atomic mass is 10.2. The van der Waals surface area contributed by atoms with Gasteiger partial charge in [0.25, 0.3) is 11.4 Å². The fraction of sp³-hybridized carbons (Fsp3) is 0.0833. The Labute approximate surface area is 121 Å².